The van der Waals surface area contributed by atoms with Crippen molar-refractivity contribution < 1.29 is 9.53 Å². The lowest BCUT2D eigenvalue weighted by molar-refractivity contribution is -0.148. The fraction of sp³-hybridized carbons (Fsp3) is 0.857. The number of rotatable bonds is 2. The molecule has 1 saturated carbocycles. The van der Waals surface area contributed by atoms with Gasteiger partial charge in [-0.1, -0.05) is 22.6 Å². The third-order valence-corrected chi connectivity index (χ3v) is 3.69. The number of esters is 1. The molecular weight excluding hydrogens is 243 g/mol. The van der Waals surface area contributed by atoms with Crippen molar-refractivity contribution in [3.63, 3.8) is 0 Å². The van der Waals surface area contributed by atoms with Crippen molar-refractivity contribution in [2.45, 2.75) is 24.2 Å². The molecule has 1 fully saturated rings. The van der Waals surface area contributed by atoms with E-state index in [1.165, 1.54) is 0 Å². The van der Waals surface area contributed by atoms with Gasteiger partial charge in [0.15, 0.2) is 0 Å². The Morgan fingerprint density at radius 3 is 2.70 bits per heavy atom. The standard InChI is InChI=1S/C7H11IO2/c1-3-10-6(9)7(2)4-5(7)8/h5H,3-4H2,1-2H3/t5-,7+/m1/s1. The molecular formula is C7H11IO2. The van der Waals surface area contributed by atoms with Crippen LogP contribution < -0.4 is 0 Å². The first-order valence-electron chi connectivity index (χ1n) is 3.42. The van der Waals surface area contributed by atoms with Crippen LogP contribution in [-0.2, 0) is 9.53 Å². The molecule has 2 nitrogen and oxygen atoms in total. The van der Waals surface area contributed by atoms with Crippen molar-refractivity contribution >= 4 is 28.6 Å². The summed E-state index contributed by atoms with van der Waals surface area (Å²) in [7, 11) is 0. The van der Waals surface area contributed by atoms with Gasteiger partial charge >= 0.3 is 5.97 Å². The SMILES string of the molecule is CCOC(=O)[C@@]1(C)C[C@H]1I. The summed E-state index contributed by atoms with van der Waals surface area (Å²) in [6, 6.07) is 0. The zero-order valence-corrected chi connectivity index (χ0v) is 8.34. The zero-order valence-electron chi connectivity index (χ0n) is 6.19. The van der Waals surface area contributed by atoms with E-state index in [0.717, 1.165) is 6.42 Å². The predicted molar refractivity (Wildman–Crippen MR) is 47.2 cm³/mol. The number of halogens is 1. The van der Waals surface area contributed by atoms with E-state index < -0.39 is 0 Å². The first kappa shape index (κ1) is 8.30. The summed E-state index contributed by atoms with van der Waals surface area (Å²) in [4.78, 5) is 11.1. The van der Waals surface area contributed by atoms with E-state index in [-0.39, 0.29) is 11.4 Å². The van der Waals surface area contributed by atoms with Crippen LogP contribution in [0.5, 0.6) is 0 Å². The Kier molecular flexibility index (Phi) is 2.22. The number of hydrogen-bond donors (Lipinski definition) is 0. The van der Waals surface area contributed by atoms with Crippen molar-refractivity contribution in [1.29, 1.82) is 0 Å². The van der Waals surface area contributed by atoms with Crippen LogP contribution in [0.1, 0.15) is 20.3 Å². The van der Waals surface area contributed by atoms with Gasteiger partial charge in [-0.3, -0.25) is 4.79 Å². The first-order chi connectivity index (χ1) is 4.61. The molecule has 0 amide bonds. The molecule has 0 aromatic heterocycles. The molecule has 1 aliphatic rings. The van der Waals surface area contributed by atoms with Crippen LogP contribution in [0.25, 0.3) is 0 Å². The lowest BCUT2D eigenvalue weighted by atomic mass is 10.1. The summed E-state index contributed by atoms with van der Waals surface area (Å²) in [5.41, 5.74) is -0.156. The number of hydrogen-bond acceptors (Lipinski definition) is 2. The fourth-order valence-electron chi connectivity index (χ4n) is 0.821. The first-order valence-corrected chi connectivity index (χ1v) is 4.67. The molecule has 58 valence electrons. The number of carbonyl (C=O) groups is 1. The molecule has 0 spiro atoms. The van der Waals surface area contributed by atoms with Crippen molar-refractivity contribution in [1.82, 2.24) is 0 Å². The number of carbonyl (C=O) groups excluding carboxylic acids is 1. The molecule has 10 heavy (non-hydrogen) atoms. The van der Waals surface area contributed by atoms with Crippen LogP contribution in [-0.4, -0.2) is 16.5 Å². The van der Waals surface area contributed by atoms with Crippen LogP contribution >= 0.6 is 22.6 Å². The molecule has 2 atom stereocenters. The van der Waals surface area contributed by atoms with Crippen molar-refractivity contribution in [2.75, 3.05) is 6.61 Å². The third-order valence-electron chi connectivity index (χ3n) is 1.88. The topological polar surface area (TPSA) is 26.3 Å². The van der Waals surface area contributed by atoms with Crippen LogP contribution in [0, 0.1) is 5.41 Å². The van der Waals surface area contributed by atoms with E-state index in [0.29, 0.717) is 10.5 Å². The molecule has 0 aromatic carbocycles. The van der Waals surface area contributed by atoms with Crippen LogP contribution in [0.15, 0.2) is 0 Å². The highest BCUT2D eigenvalue weighted by atomic mass is 127. The van der Waals surface area contributed by atoms with Gasteiger partial charge in [0.2, 0.25) is 0 Å². The molecule has 0 aliphatic heterocycles. The van der Waals surface area contributed by atoms with Gasteiger partial charge in [-0.15, -0.1) is 0 Å². The minimum atomic E-state index is -0.156. The molecule has 3 heteroatoms. The normalized spacial score (nSPS) is 37.3. The Morgan fingerprint density at radius 1 is 1.90 bits per heavy atom. The van der Waals surface area contributed by atoms with Gasteiger partial charge in [0.25, 0.3) is 0 Å². The van der Waals surface area contributed by atoms with Gasteiger partial charge in [-0.25, -0.2) is 0 Å². The summed E-state index contributed by atoms with van der Waals surface area (Å²) >= 11 is 2.29. The van der Waals surface area contributed by atoms with Crippen molar-refractivity contribution in [2.24, 2.45) is 5.41 Å². The maximum absolute atomic E-state index is 11.1. The molecule has 1 aliphatic carbocycles. The van der Waals surface area contributed by atoms with E-state index in [9.17, 15) is 4.79 Å². The highest BCUT2D eigenvalue weighted by molar-refractivity contribution is 14.1. The molecule has 1 rings (SSSR count). The summed E-state index contributed by atoms with van der Waals surface area (Å²) in [5, 5.41) is 0. The number of alkyl halides is 1. The average molecular weight is 254 g/mol. The summed E-state index contributed by atoms with van der Waals surface area (Å²) < 4.78 is 5.39. The van der Waals surface area contributed by atoms with Crippen LogP contribution in [0.4, 0.5) is 0 Å². The summed E-state index contributed by atoms with van der Waals surface area (Å²) in [6.07, 6.45) is 0.979. The van der Waals surface area contributed by atoms with E-state index in [4.69, 9.17) is 4.74 Å². The second-order valence-corrected chi connectivity index (χ2v) is 4.31. The van der Waals surface area contributed by atoms with Gasteiger partial charge in [0, 0.05) is 3.92 Å². The van der Waals surface area contributed by atoms with E-state index in [1.807, 2.05) is 13.8 Å². The average Bonchev–Trinajstić information content (AvgIpc) is 2.43. The minimum Gasteiger partial charge on any atom is -0.466 e. The van der Waals surface area contributed by atoms with Gasteiger partial charge in [-0.05, 0) is 20.3 Å². The highest BCUT2D eigenvalue weighted by Gasteiger charge is 2.55. The summed E-state index contributed by atoms with van der Waals surface area (Å²) in [5.74, 6) is -0.0330. The van der Waals surface area contributed by atoms with Gasteiger partial charge in [0.1, 0.15) is 0 Å². The highest BCUT2D eigenvalue weighted by Crippen LogP contribution is 2.52. The van der Waals surface area contributed by atoms with E-state index in [1.54, 1.807) is 0 Å². The predicted octanol–water partition coefficient (Wildman–Crippen LogP) is 1.76. The maximum Gasteiger partial charge on any atom is 0.312 e. The second-order valence-electron chi connectivity index (χ2n) is 2.81. The Hall–Kier alpha value is 0.200. The Morgan fingerprint density at radius 2 is 2.40 bits per heavy atom. The Balaban J connectivity index is 2.43. The Bertz CT molecular complexity index is 158. The maximum atomic E-state index is 11.1. The second kappa shape index (κ2) is 2.68. The molecule has 0 saturated heterocycles. The monoisotopic (exact) mass is 254 g/mol. The minimum absolute atomic E-state index is 0.0330. The van der Waals surface area contributed by atoms with Crippen molar-refractivity contribution in [3.05, 3.63) is 0 Å². The largest absolute Gasteiger partial charge is 0.466 e. The van der Waals surface area contributed by atoms with Crippen LogP contribution in [0.3, 0.4) is 0 Å². The van der Waals surface area contributed by atoms with Gasteiger partial charge in [-0.2, -0.15) is 0 Å². The quantitative estimate of drug-likeness (QED) is 0.426. The summed E-state index contributed by atoms with van der Waals surface area (Å²) in [6.45, 7) is 4.30. The molecule has 0 bridgehead atoms. The molecule has 0 unspecified atom stereocenters. The molecule has 0 aromatic rings. The molecule has 0 N–H and O–H groups in total. The zero-order chi connectivity index (χ0) is 7.78. The van der Waals surface area contributed by atoms with Gasteiger partial charge < -0.3 is 4.74 Å². The fourth-order valence-corrected chi connectivity index (χ4v) is 1.99. The van der Waals surface area contributed by atoms with Crippen molar-refractivity contribution in [3.8, 4) is 0 Å². The molecule has 0 heterocycles. The smallest absolute Gasteiger partial charge is 0.312 e. The van der Waals surface area contributed by atoms with E-state index >= 15 is 0 Å². The Labute approximate surface area is 74.5 Å². The van der Waals surface area contributed by atoms with E-state index in [2.05, 4.69) is 22.6 Å². The van der Waals surface area contributed by atoms with Crippen LogP contribution in [0.2, 0.25) is 0 Å². The number of ether oxygens (including phenoxy) is 1. The lowest BCUT2D eigenvalue weighted by Crippen LogP contribution is -2.17. The third kappa shape index (κ3) is 1.28. The lowest BCUT2D eigenvalue weighted by Gasteiger charge is -2.06. The molecule has 0 radical (unpaired) electrons. The van der Waals surface area contributed by atoms with Gasteiger partial charge in [0.05, 0.1) is 12.0 Å².